The third kappa shape index (κ3) is 4.48. The SMILES string of the molecule is Cc1cccc(NC(=S)N(Cc2nc3sc4c(c3c(=O)[nH]2)CCCC4)Cc2cccs2)c1. The first kappa shape index (κ1) is 21.3. The summed E-state index contributed by atoms with van der Waals surface area (Å²) >= 11 is 9.14. The van der Waals surface area contributed by atoms with E-state index in [1.807, 2.05) is 18.2 Å². The first-order valence-electron chi connectivity index (χ1n) is 10.8. The zero-order valence-electron chi connectivity index (χ0n) is 17.8. The standard InChI is InChI=1S/C24H24N4OS3/c1-15-6-4-7-16(12-15)25-24(30)28(13-17-8-5-11-31-17)14-20-26-22(29)21-18-9-2-3-10-19(18)32-23(21)27-20/h4-8,11-12H,2-3,9-10,13-14H2,1H3,(H,25,30)(H,26,27,29). The lowest BCUT2D eigenvalue weighted by Crippen LogP contribution is -2.34. The van der Waals surface area contributed by atoms with Gasteiger partial charge in [0.1, 0.15) is 10.7 Å². The maximum Gasteiger partial charge on any atom is 0.259 e. The van der Waals surface area contributed by atoms with Gasteiger partial charge in [0.2, 0.25) is 0 Å². The summed E-state index contributed by atoms with van der Waals surface area (Å²) in [6.45, 7) is 3.14. The van der Waals surface area contributed by atoms with Gasteiger partial charge in [0.25, 0.3) is 5.56 Å². The number of anilines is 1. The number of hydrogen-bond donors (Lipinski definition) is 2. The summed E-state index contributed by atoms with van der Waals surface area (Å²) in [6.07, 6.45) is 4.38. The molecule has 0 spiro atoms. The lowest BCUT2D eigenvalue weighted by molar-refractivity contribution is 0.405. The van der Waals surface area contributed by atoms with Crippen molar-refractivity contribution in [3.05, 3.63) is 78.8 Å². The molecule has 32 heavy (non-hydrogen) atoms. The molecule has 2 N–H and O–H groups in total. The quantitative estimate of drug-likeness (QED) is 0.362. The number of thiocarbonyl (C=S) groups is 1. The van der Waals surface area contributed by atoms with E-state index in [9.17, 15) is 4.79 Å². The fraction of sp³-hybridized carbons (Fsp3) is 0.292. The van der Waals surface area contributed by atoms with Crippen LogP contribution in [0.3, 0.4) is 0 Å². The number of fused-ring (bicyclic) bond motifs is 3. The molecule has 0 radical (unpaired) electrons. The van der Waals surface area contributed by atoms with Gasteiger partial charge in [0.15, 0.2) is 5.11 Å². The van der Waals surface area contributed by atoms with Crippen LogP contribution in [-0.2, 0) is 25.9 Å². The van der Waals surface area contributed by atoms with Gasteiger partial charge in [-0.2, -0.15) is 0 Å². The van der Waals surface area contributed by atoms with Gasteiger partial charge in [-0.15, -0.1) is 22.7 Å². The minimum Gasteiger partial charge on any atom is -0.336 e. The minimum absolute atomic E-state index is 0.0296. The monoisotopic (exact) mass is 480 g/mol. The summed E-state index contributed by atoms with van der Waals surface area (Å²) in [5, 5.41) is 6.81. The number of aryl methyl sites for hydroxylation is 3. The van der Waals surface area contributed by atoms with Gasteiger partial charge in [-0.3, -0.25) is 4.79 Å². The molecule has 0 saturated heterocycles. The molecule has 0 saturated carbocycles. The Kier molecular flexibility index (Phi) is 6.08. The molecule has 5 nitrogen and oxygen atoms in total. The maximum absolute atomic E-state index is 13.0. The van der Waals surface area contributed by atoms with E-state index in [0.717, 1.165) is 35.2 Å². The van der Waals surface area contributed by atoms with Crippen molar-refractivity contribution in [2.24, 2.45) is 0 Å². The van der Waals surface area contributed by atoms with E-state index < -0.39 is 0 Å². The molecule has 1 aliphatic carbocycles. The molecule has 0 bridgehead atoms. The van der Waals surface area contributed by atoms with Crippen molar-refractivity contribution in [3.63, 3.8) is 0 Å². The molecule has 8 heteroatoms. The Morgan fingerprint density at radius 2 is 2.09 bits per heavy atom. The zero-order valence-corrected chi connectivity index (χ0v) is 20.3. The van der Waals surface area contributed by atoms with E-state index >= 15 is 0 Å². The summed E-state index contributed by atoms with van der Waals surface area (Å²) in [7, 11) is 0. The lowest BCUT2D eigenvalue weighted by Gasteiger charge is -2.25. The van der Waals surface area contributed by atoms with E-state index in [0.29, 0.717) is 24.0 Å². The van der Waals surface area contributed by atoms with Crippen molar-refractivity contribution in [2.45, 2.75) is 45.7 Å². The zero-order chi connectivity index (χ0) is 22.1. The van der Waals surface area contributed by atoms with Crippen LogP contribution in [0.25, 0.3) is 10.2 Å². The van der Waals surface area contributed by atoms with Crippen LogP contribution in [-0.4, -0.2) is 20.0 Å². The second-order valence-electron chi connectivity index (χ2n) is 8.14. The predicted octanol–water partition coefficient (Wildman–Crippen LogP) is 5.63. The molecular formula is C24H24N4OS3. The second kappa shape index (κ2) is 9.13. The molecule has 0 unspecified atom stereocenters. The van der Waals surface area contributed by atoms with Crippen molar-refractivity contribution in [3.8, 4) is 0 Å². The van der Waals surface area contributed by atoms with Crippen LogP contribution >= 0.6 is 34.9 Å². The molecule has 0 fully saturated rings. The number of aromatic nitrogens is 2. The van der Waals surface area contributed by atoms with Gasteiger partial charge >= 0.3 is 0 Å². The summed E-state index contributed by atoms with van der Waals surface area (Å²) < 4.78 is 0. The Labute approximate surface area is 200 Å². The van der Waals surface area contributed by atoms with Crippen LogP contribution in [0.5, 0.6) is 0 Å². The normalized spacial score (nSPS) is 13.2. The van der Waals surface area contributed by atoms with Crippen molar-refractivity contribution in [1.82, 2.24) is 14.9 Å². The van der Waals surface area contributed by atoms with Gasteiger partial charge in [0.05, 0.1) is 18.5 Å². The van der Waals surface area contributed by atoms with Gasteiger partial charge < -0.3 is 15.2 Å². The summed E-state index contributed by atoms with van der Waals surface area (Å²) in [4.78, 5) is 26.3. The van der Waals surface area contributed by atoms with E-state index in [4.69, 9.17) is 17.2 Å². The highest BCUT2D eigenvalue weighted by molar-refractivity contribution is 7.80. The van der Waals surface area contributed by atoms with Gasteiger partial charge in [-0.25, -0.2) is 4.98 Å². The second-order valence-corrected chi connectivity index (χ2v) is 10.6. The summed E-state index contributed by atoms with van der Waals surface area (Å²) in [5.74, 6) is 0.644. The van der Waals surface area contributed by atoms with Crippen LogP contribution in [0, 0.1) is 6.92 Å². The smallest absolute Gasteiger partial charge is 0.259 e. The van der Waals surface area contributed by atoms with Crippen LogP contribution in [0.4, 0.5) is 5.69 Å². The number of hydrogen-bond acceptors (Lipinski definition) is 5. The number of thiophene rings is 2. The molecule has 0 aliphatic heterocycles. The molecule has 0 atom stereocenters. The number of nitrogens with one attached hydrogen (secondary N) is 2. The minimum atomic E-state index is -0.0296. The third-order valence-corrected chi connectivity index (χ3v) is 8.11. The first-order chi connectivity index (χ1) is 15.6. The lowest BCUT2D eigenvalue weighted by atomic mass is 9.97. The van der Waals surface area contributed by atoms with E-state index in [2.05, 4.69) is 45.7 Å². The maximum atomic E-state index is 13.0. The van der Waals surface area contributed by atoms with Crippen LogP contribution in [0.1, 0.15) is 39.5 Å². The van der Waals surface area contributed by atoms with Crippen molar-refractivity contribution in [1.29, 1.82) is 0 Å². The molecule has 3 aromatic heterocycles. The Balaban J connectivity index is 1.44. The van der Waals surface area contributed by atoms with Crippen molar-refractivity contribution >= 4 is 55.9 Å². The molecule has 5 rings (SSSR count). The number of aromatic amines is 1. The Bertz CT molecular complexity index is 1320. The van der Waals surface area contributed by atoms with Gasteiger partial charge in [-0.05, 0) is 79.5 Å². The average Bonchev–Trinajstić information content (AvgIpc) is 3.40. The third-order valence-electron chi connectivity index (χ3n) is 5.70. The van der Waals surface area contributed by atoms with E-state index in [1.54, 1.807) is 22.7 Å². The molecule has 0 amide bonds. The summed E-state index contributed by atoms with van der Waals surface area (Å²) in [6, 6.07) is 12.3. The van der Waals surface area contributed by atoms with E-state index in [1.165, 1.54) is 27.3 Å². The van der Waals surface area contributed by atoms with Gasteiger partial charge in [0, 0.05) is 15.4 Å². The molecule has 4 aromatic rings. The Morgan fingerprint density at radius 3 is 2.91 bits per heavy atom. The molecular weight excluding hydrogens is 456 g/mol. The first-order valence-corrected chi connectivity index (χ1v) is 12.9. The summed E-state index contributed by atoms with van der Waals surface area (Å²) in [5.41, 5.74) is 3.30. The fourth-order valence-electron chi connectivity index (χ4n) is 4.18. The number of rotatable bonds is 5. The highest BCUT2D eigenvalue weighted by Crippen LogP contribution is 2.33. The van der Waals surface area contributed by atoms with E-state index in [-0.39, 0.29) is 5.56 Å². The van der Waals surface area contributed by atoms with Crippen molar-refractivity contribution < 1.29 is 0 Å². The molecule has 3 heterocycles. The molecule has 1 aromatic carbocycles. The van der Waals surface area contributed by atoms with Crippen molar-refractivity contribution in [2.75, 3.05) is 5.32 Å². The molecule has 164 valence electrons. The topological polar surface area (TPSA) is 61.0 Å². The Hall–Kier alpha value is -2.55. The Morgan fingerprint density at radius 1 is 1.22 bits per heavy atom. The average molecular weight is 481 g/mol. The fourth-order valence-corrected chi connectivity index (χ4v) is 6.43. The number of nitrogens with zero attached hydrogens (tertiary/aromatic N) is 2. The molecule has 1 aliphatic rings. The highest BCUT2D eigenvalue weighted by Gasteiger charge is 2.21. The van der Waals surface area contributed by atoms with Crippen LogP contribution in [0.2, 0.25) is 0 Å². The largest absolute Gasteiger partial charge is 0.336 e. The van der Waals surface area contributed by atoms with Crippen LogP contribution < -0.4 is 10.9 Å². The van der Waals surface area contributed by atoms with Crippen LogP contribution in [0.15, 0.2) is 46.6 Å². The highest BCUT2D eigenvalue weighted by atomic mass is 32.1. The van der Waals surface area contributed by atoms with Gasteiger partial charge in [-0.1, -0.05) is 18.2 Å². The number of H-pyrrole nitrogens is 1. The predicted molar refractivity (Wildman–Crippen MR) is 138 cm³/mol. The number of benzene rings is 1.